The molecule has 9 nitrogen and oxygen atoms in total. The van der Waals surface area contributed by atoms with Gasteiger partial charge in [-0.25, -0.2) is 8.42 Å². The number of benzene rings is 4. The van der Waals surface area contributed by atoms with E-state index in [2.05, 4.69) is 10.0 Å². The van der Waals surface area contributed by atoms with Gasteiger partial charge < -0.3 is 19.8 Å². The molecule has 4 N–H and O–H groups in total. The van der Waals surface area contributed by atoms with Gasteiger partial charge in [0.15, 0.2) is 0 Å². The molecule has 42 heavy (non-hydrogen) atoms. The molecule has 0 aliphatic rings. The van der Waals surface area contributed by atoms with E-state index in [0.717, 1.165) is 24.3 Å². The molecule has 4 aromatic carbocycles. The summed E-state index contributed by atoms with van der Waals surface area (Å²) < 4.78 is 73.6. The van der Waals surface area contributed by atoms with E-state index in [0.29, 0.717) is 16.5 Å². The maximum absolute atomic E-state index is 14.1. The number of halogens is 3. The van der Waals surface area contributed by atoms with Crippen LogP contribution in [-0.2, 0) is 31.5 Å². The van der Waals surface area contributed by atoms with Crippen LogP contribution < -0.4 is 14.8 Å². The van der Waals surface area contributed by atoms with E-state index < -0.39 is 40.8 Å². The highest BCUT2D eigenvalue weighted by molar-refractivity contribution is 7.89. The fourth-order valence-corrected chi connectivity index (χ4v) is 5.70. The molecular formula is C28H24ClF2N2O7PS. The third-order valence-corrected chi connectivity index (χ3v) is 8.62. The monoisotopic (exact) mass is 636 g/mol. The Morgan fingerprint density at radius 3 is 2.14 bits per heavy atom. The molecule has 0 unspecified atom stereocenters. The molecule has 4 rings (SSSR count). The van der Waals surface area contributed by atoms with Gasteiger partial charge in [-0.2, -0.15) is 13.5 Å². The van der Waals surface area contributed by atoms with Crippen LogP contribution in [-0.4, -0.2) is 30.2 Å². The van der Waals surface area contributed by atoms with Crippen molar-refractivity contribution in [1.82, 2.24) is 4.72 Å². The highest BCUT2D eigenvalue weighted by atomic mass is 35.5. The predicted octanol–water partition coefficient (Wildman–Crippen LogP) is 5.89. The highest BCUT2D eigenvalue weighted by Gasteiger charge is 2.50. The largest absolute Gasteiger partial charge is 0.457 e. The molecule has 220 valence electrons. The van der Waals surface area contributed by atoms with E-state index in [4.69, 9.17) is 26.1 Å². The van der Waals surface area contributed by atoms with Crippen LogP contribution in [0.5, 0.6) is 11.5 Å². The van der Waals surface area contributed by atoms with Crippen LogP contribution in [0.4, 0.5) is 14.5 Å². The quantitative estimate of drug-likeness (QED) is 0.150. The van der Waals surface area contributed by atoms with Gasteiger partial charge in [0.05, 0.1) is 4.90 Å². The Morgan fingerprint density at radius 1 is 0.905 bits per heavy atom. The SMILES string of the molecule is O=C(Nc1cccc(Oc2cccc(Cl)c2)c1)[C@H](Cc1ccc(C(F)(F)P(=O)(O)O)cc1)NS(=O)(=O)c1ccccc1. The Balaban J connectivity index is 1.58. The zero-order valence-electron chi connectivity index (χ0n) is 21.5. The van der Waals surface area contributed by atoms with Crippen molar-refractivity contribution in [1.29, 1.82) is 0 Å². The van der Waals surface area contributed by atoms with Crippen LogP contribution in [0.15, 0.2) is 108 Å². The van der Waals surface area contributed by atoms with E-state index in [9.17, 15) is 26.6 Å². The standard InChI is InChI=1S/C28H24ClF2N2O7PS/c29-21-6-4-8-23(17-21)40-24-9-5-7-22(18-24)32-27(34)26(33-42(38,39)25-10-2-1-3-11-25)16-19-12-14-20(15-13-19)28(30,31)41(35,36)37/h1-15,17-18,26,33H,16H2,(H,32,34)(H2,35,36,37)/t26-/m0/s1. The van der Waals surface area contributed by atoms with E-state index >= 15 is 0 Å². The first-order chi connectivity index (χ1) is 19.7. The van der Waals surface area contributed by atoms with Crippen LogP contribution in [0, 0.1) is 0 Å². The fraction of sp³-hybridized carbons (Fsp3) is 0.107. The van der Waals surface area contributed by atoms with E-state index in [1.807, 2.05) is 0 Å². The van der Waals surface area contributed by atoms with Crippen molar-refractivity contribution in [2.45, 2.75) is 23.0 Å². The molecule has 0 saturated heterocycles. The van der Waals surface area contributed by atoms with E-state index in [1.165, 1.54) is 30.3 Å². The molecule has 0 aliphatic heterocycles. The molecule has 0 fully saturated rings. The minimum atomic E-state index is -5.78. The summed E-state index contributed by atoms with van der Waals surface area (Å²) in [5, 5.41) is 3.10. The Hall–Kier alpha value is -3.64. The second kappa shape index (κ2) is 12.7. The lowest BCUT2D eigenvalue weighted by Gasteiger charge is -2.20. The summed E-state index contributed by atoms with van der Waals surface area (Å²) in [5.74, 6) is 0.0457. The van der Waals surface area contributed by atoms with E-state index in [1.54, 1.807) is 48.5 Å². The number of rotatable bonds is 11. The molecule has 0 heterocycles. The molecule has 0 saturated carbocycles. The maximum atomic E-state index is 14.1. The highest BCUT2D eigenvalue weighted by Crippen LogP contribution is 2.59. The first kappa shape index (κ1) is 31.3. The molecular weight excluding hydrogens is 613 g/mol. The normalized spacial score (nSPS) is 12.9. The number of sulfonamides is 1. The second-order valence-electron chi connectivity index (χ2n) is 9.05. The summed E-state index contributed by atoms with van der Waals surface area (Å²) in [5.41, 5.74) is -4.83. The summed E-state index contributed by atoms with van der Waals surface area (Å²) in [6.45, 7) is 0. The third-order valence-electron chi connectivity index (χ3n) is 5.91. The van der Waals surface area contributed by atoms with Crippen LogP contribution >= 0.6 is 19.2 Å². The van der Waals surface area contributed by atoms with Gasteiger partial charge in [-0.1, -0.05) is 66.2 Å². The first-order valence-corrected chi connectivity index (χ1v) is 15.7. The second-order valence-corrected chi connectivity index (χ2v) is 12.8. The Bertz CT molecular complexity index is 1720. The molecule has 4 aromatic rings. The maximum Gasteiger partial charge on any atom is 0.399 e. The Labute approximate surface area is 245 Å². The molecule has 14 heteroatoms. The summed E-state index contributed by atoms with van der Waals surface area (Å²) >= 11 is 6.00. The summed E-state index contributed by atoms with van der Waals surface area (Å²) in [6.07, 6.45) is -0.279. The van der Waals surface area contributed by atoms with Crippen molar-refractivity contribution in [3.63, 3.8) is 0 Å². The number of ether oxygens (including phenoxy) is 1. The lowest BCUT2D eigenvalue weighted by molar-refractivity contribution is -0.117. The number of hydrogen-bond acceptors (Lipinski definition) is 5. The first-order valence-electron chi connectivity index (χ1n) is 12.2. The van der Waals surface area contributed by atoms with E-state index in [-0.39, 0.29) is 22.6 Å². The molecule has 0 spiro atoms. The topological polar surface area (TPSA) is 142 Å². The number of alkyl halides is 2. The van der Waals surface area contributed by atoms with Gasteiger partial charge in [-0.15, -0.1) is 0 Å². The summed E-state index contributed by atoms with van der Waals surface area (Å²) in [7, 11) is -9.98. The van der Waals surface area contributed by atoms with Crippen molar-refractivity contribution in [2.24, 2.45) is 0 Å². The Morgan fingerprint density at radius 2 is 1.52 bits per heavy atom. The van der Waals surface area contributed by atoms with Crippen LogP contribution in [0.3, 0.4) is 0 Å². The predicted molar refractivity (Wildman–Crippen MR) is 153 cm³/mol. The average Bonchev–Trinajstić information content (AvgIpc) is 2.93. The average molecular weight is 637 g/mol. The van der Waals surface area contributed by atoms with Gasteiger partial charge in [0, 0.05) is 22.3 Å². The van der Waals surface area contributed by atoms with Gasteiger partial charge in [-0.05, 0) is 54.4 Å². The molecule has 0 aliphatic carbocycles. The third kappa shape index (κ3) is 7.80. The number of amides is 1. The number of anilines is 1. The van der Waals surface area contributed by atoms with Gasteiger partial charge >= 0.3 is 13.3 Å². The van der Waals surface area contributed by atoms with Gasteiger partial charge in [0.1, 0.15) is 17.5 Å². The van der Waals surface area contributed by atoms with Gasteiger partial charge in [0.2, 0.25) is 15.9 Å². The summed E-state index contributed by atoms with van der Waals surface area (Å²) in [4.78, 5) is 31.3. The minimum Gasteiger partial charge on any atom is -0.457 e. The van der Waals surface area contributed by atoms with Crippen molar-refractivity contribution in [2.75, 3.05) is 5.32 Å². The molecule has 1 amide bonds. The summed E-state index contributed by atoms with van der Waals surface area (Å²) in [6, 6.07) is 22.8. The zero-order valence-corrected chi connectivity index (χ0v) is 24.0. The van der Waals surface area contributed by atoms with Crippen molar-refractivity contribution in [3.05, 3.63) is 119 Å². The lowest BCUT2D eigenvalue weighted by Crippen LogP contribution is -2.45. The van der Waals surface area contributed by atoms with Crippen LogP contribution in [0.25, 0.3) is 0 Å². The van der Waals surface area contributed by atoms with Crippen molar-refractivity contribution >= 4 is 40.8 Å². The van der Waals surface area contributed by atoms with Gasteiger partial charge in [0.25, 0.3) is 0 Å². The van der Waals surface area contributed by atoms with Crippen molar-refractivity contribution < 1.29 is 41.1 Å². The number of hydrogen-bond donors (Lipinski definition) is 4. The smallest absolute Gasteiger partial charge is 0.399 e. The number of carbonyl (C=O) groups is 1. The van der Waals surface area contributed by atoms with Crippen molar-refractivity contribution in [3.8, 4) is 11.5 Å². The molecule has 0 radical (unpaired) electrons. The Kier molecular flexibility index (Phi) is 9.47. The van der Waals surface area contributed by atoms with Gasteiger partial charge in [-0.3, -0.25) is 9.36 Å². The lowest BCUT2D eigenvalue weighted by atomic mass is 10.0. The number of nitrogens with one attached hydrogen (secondary N) is 2. The molecule has 1 atom stereocenters. The number of carbonyl (C=O) groups excluding carboxylic acids is 1. The minimum absolute atomic E-state index is 0.101. The molecule has 0 bridgehead atoms. The zero-order chi connectivity index (χ0) is 30.5. The fourth-order valence-electron chi connectivity index (χ4n) is 3.82. The molecule has 0 aromatic heterocycles. The van der Waals surface area contributed by atoms with Crippen LogP contribution in [0.1, 0.15) is 11.1 Å². The van der Waals surface area contributed by atoms with Crippen LogP contribution in [0.2, 0.25) is 5.02 Å².